The molecular formula is C12H10F4N4. The largest absolute Gasteiger partial charge is 0.433 e. The van der Waals surface area contributed by atoms with Crippen LogP contribution in [-0.2, 0) is 12.7 Å². The highest BCUT2D eigenvalue weighted by atomic mass is 19.4. The quantitative estimate of drug-likeness (QED) is 0.819. The number of aryl methyl sites for hydroxylation is 1. The van der Waals surface area contributed by atoms with Crippen molar-refractivity contribution in [3.8, 4) is 11.3 Å². The Hall–Kier alpha value is -1.96. The number of hydrogen-bond acceptors (Lipinski definition) is 3. The standard InChI is InChI=1S/C12H10F4N4/c13-7-5-18-11(12(14,15)16)3-6(7)9-4-10-8(17)1-2-20(10)19-9/h3-5,8H,1-2,17H2/t8-/m0/s1. The third-order valence-electron chi connectivity index (χ3n) is 3.26. The molecule has 20 heavy (non-hydrogen) atoms. The van der Waals surface area contributed by atoms with Gasteiger partial charge >= 0.3 is 6.18 Å². The number of alkyl halides is 3. The first kappa shape index (κ1) is 13.0. The molecule has 0 amide bonds. The smallest absolute Gasteiger partial charge is 0.323 e. The second-order valence-corrected chi connectivity index (χ2v) is 4.62. The lowest BCUT2D eigenvalue weighted by atomic mass is 10.1. The maximum absolute atomic E-state index is 13.7. The second-order valence-electron chi connectivity index (χ2n) is 4.62. The molecular weight excluding hydrogens is 276 g/mol. The van der Waals surface area contributed by atoms with Gasteiger partial charge in [0.15, 0.2) is 5.82 Å². The molecule has 0 aliphatic carbocycles. The van der Waals surface area contributed by atoms with Crippen molar-refractivity contribution in [2.45, 2.75) is 25.2 Å². The van der Waals surface area contributed by atoms with Gasteiger partial charge in [0, 0.05) is 18.2 Å². The molecule has 0 radical (unpaired) electrons. The summed E-state index contributed by atoms with van der Waals surface area (Å²) in [6.45, 7) is 0.579. The Balaban J connectivity index is 2.08. The lowest BCUT2D eigenvalue weighted by Gasteiger charge is -2.07. The topological polar surface area (TPSA) is 56.7 Å². The van der Waals surface area contributed by atoms with Gasteiger partial charge in [-0.2, -0.15) is 18.3 Å². The third-order valence-corrected chi connectivity index (χ3v) is 3.26. The maximum atomic E-state index is 13.7. The fourth-order valence-electron chi connectivity index (χ4n) is 2.24. The predicted octanol–water partition coefficient (Wildman–Crippen LogP) is 2.51. The molecule has 0 unspecified atom stereocenters. The molecule has 0 saturated heterocycles. The summed E-state index contributed by atoms with van der Waals surface area (Å²) in [5.41, 5.74) is 5.30. The summed E-state index contributed by atoms with van der Waals surface area (Å²) in [6, 6.07) is 1.97. The lowest BCUT2D eigenvalue weighted by molar-refractivity contribution is -0.141. The average molecular weight is 286 g/mol. The van der Waals surface area contributed by atoms with Crippen LogP contribution >= 0.6 is 0 Å². The van der Waals surface area contributed by atoms with Gasteiger partial charge in [0.1, 0.15) is 5.69 Å². The van der Waals surface area contributed by atoms with Gasteiger partial charge in [0.05, 0.1) is 17.6 Å². The summed E-state index contributed by atoms with van der Waals surface area (Å²) in [6.07, 6.45) is -3.35. The van der Waals surface area contributed by atoms with Gasteiger partial charge in [-0.15, -0.1) is 0 Å². The molecule has 1 aliphatic heterocycles. The van der Waals surface area contributed by atoms with Crippen LogP contribution in [0.4, 0.5) is 17.6 Å². The number of aromatic nitrogens is 3. The predicted molar refractivity (Wildman–Crippen MR) is 62.0 cm³/mol. The van der Waals surface area contributed by atoms with Crippen molar-refractivity contribution in [1.29, 1.82) is 0 Å². The number of hydrogen-bond donors (Lipinski definition) is 1. The van der Waals surface area contributed by atoms with Crippen LogP contribution in [0.25, 0.3) is 11.3 Å². The molecule has 0 fully saturated rings. The van der Waals surface area contributed by atoms with Crippen LogP contribution in [0, 0.1) is 5.82 Å². The third kappa shape index (κ3) is 2.05. The number of nitrogens with zero attached hydrogens (tertiary/aromatic N) is 3. The molecule has 0 bridgehead atoms. The summed E-state index contributed by atoms with van der Waals surface area (Å²) in [7, 11) is 0. The summed E-state index contributed by atoms with van der Waals surface area (Å²) in [4.78, 5) is 3.05. The SMILES string of the molecule is N[C@H]1CCn2nc(-c3cc(C(F)(F)F)ncc3F)cc21. The van der Waals surface area contributed by atoms with E-state index in [4.69, 9.17) is 5.73 Å². The van der Waals surface area contributed by atoms with E-state index in [1.807, 2.05) is 0 Å². The molecule has 2 aromatic rings. The Morgan fingerprint density at radius 3 is 2.70 bits per heavy atom. The Morgan fingerprint density at radius 2 is 2.05 bits per heavy atom. The van der Waals surface area contributed by atoms with Gasteiger partial charge in [0.25, 0.3) is 0 Å². The van der Waals surface area contributed by atoms with Gasteiger partial charge in [0.2, 0.25) is 0 Å². The van der Waals surface area contributed by atoms with Crippen LogP contribution in [0.3, 0.4) is 0 Å². The van der Waals surface area contributed by atoms with E-state index in [0.29, 0.717) is 24.5 Å². The molecule has 4 nitrogen and oxygen atoms in total. The van der Waals surface area contributed by atoms with Crippen LogP contribution in [0.5, 0.6) is 0 Å². The zero-order valence-electron chi connectivity index (χ0n) is 10.2. The van der Waals surface area contributed by atoms with Gasteiger partial charge < -0.3 is 5.73 Å². The zero-order chi connectivity index (χ0) is 14.5. The molecule has 1 atom stereocenters. The number of rotatable bonds is 1. The minimum absolute atomic E-state index is 0.139. The van der Waals surface area contributed by atoms with Gasteiger partial charge in [-0.3, -0.25) is 4.68 Å². The molecule has 0 aromatic carbocycles. The first-order valence-corrected chi connectivity index (χ1v) is 5.92. The van der Waals surface area contributed by atoms with Crippen LogP contribution in [-0.4, -0.2) is 14.8 Å². The number of fused-ring (bicyclic) bond motifs is 1. The van der Waals surface area contributed by atoms with E-state index in [-0.39, 0.29) is 17.3 Å². The zero-order valence-corrected chi connectivity index (χ0v) is 10.2. The Labute approximate surface area is 111 Å². The van der Waals surface area contributed by atoms with Gasteiger partial charge in [-0.1, -0.05) is 0 Å². The van der Waals surface area contributed by atoms with Gasteiger partial charge in [-0.25, -0.2) is 9.37 Å². The van der Waals surface area contributed by atoms with Crippen molar-refractivity contribution in [3.63, 3.8) is 0 Å². The Bertz CT molecular complexity index is 662. The first-order valence-electron chi connectivity index (χ1n) is 5.92. The van der Waals surface area contributed by atoms with Crippen molar-refractivity contribution >= 4 is 0 Å². The summed E-state index contributed by atoms with van der Waals surface area (Å²) < 4.78 is 53.1. The van der Waals surface area contributed by atoms with E-state index in [9.17, 15) is 17.6 Å². The van der Waals surface area contributed by atoms with Crippen LogP contribution in [0.15, 0.2) is 18.3 Å². The van der Waals surface area contributed by atoms with E-state index in [2.05, 4.69) is 10.1 Å². The van der Waals surface area contributed by atoms with Crippen molar-refractivity contribution in [2.24, 2.45) is 5.73 Å². The highest BCUT2D eigenvalue weighted by Crippen LogP contribution is 2.33. The Morgan fingerprint density at radius 1 is 1.30 bits per heavy atom. The van der Waals surface area contributed by atoms with E-state index >= 15 is 0 Å². The van der Waals surface area contributed by atoms with Crippen molar-refractivity contribution in [2.75, 3.05) is 0 Å². The molecule has 8 heteroatoms. The molecule has 0 spiro atoms. The fourth-order valence-corrected chi connectivity index (χ4v) is 2.24. The van der Waals surface area contributed by atoms with E-state index in [1.54, 1.807) is 4.68 Å². The first-order chi connectivity index (χ1) is 9.36. The maximum Gasteiger partial charge on any atom is 0.433 e. The number of pyridine rings is 1. The number of halogens is 4. The van der Waals surface area contributed by atoms with Crippen molar-refractivity contribution in [1.82, 2.24) is 14.8 Å². The fraction of sp³-hybridized carbons (Fsp3) is 0.333. The van der Waals surface area contributed by atoms with Crippen LogP contribution in [0.1, 0.15) is 23.9 Å². The molecule has 3 heterocycles. The van der Waals surface area contributed by atoms with Crippen LogP contribution in [0.2, 0.25) is 0 Å². The summed E-state index contributed by atoms with van der Waals surface area (Å²) in [5, 5.41) is 4.10. The van der Waals surface area contributed by atoms with E-state index < -0.39 is 17.7 Å². The second kappa shape index (κ2) is 4.27. The van der Waals surface area contributed by atoms with Crippen molar-refractivity contribution in [3.05, 3.63) is 35.5 Å². The monoisotopic (exact) mass is 286 g/mol. The molecule has 2 N–H and O–H groups in total. The molecule has 2 aromatic heterocycles. The van der Waals surface area contributed by atoms with E-state index in [0.717, 1.165) is 6.42 Å². The molecule has 106 valence electrons. The van der Waals surface area contributed by atoms with Crippen LogP contribution < -0.4 is 5.73 Å². The van der Waals surface area contributed by atoms with E-state index in [1.165, 1.54) is 6.07 Å². The molecule has 3 rings (SSSR count). The highest BCUT2D eigenvalue weighted by Gasteiger charge is 2.33. The minimum atomic E-state index is -4.62. The number of nitrogens with two attached hydrogens (primary N) is 1. The average Bonchev–Trinajstić information content (AvgIpc) is 2.91. The summed E-state index contributed by atoms with van der Waals surface area (Å²) >= 11 is 0. The van der Waals surface area contributed by atoms with Crippen molar-refractivity contribution < 1.29 is 17.6 Å². The summed E-state index contributed by atoms with van der Waals surface area (Å²) in [5.74, 6) is -0.844. The molecule has 0 saturated carbocycles. The van der Waals surface area contributed by atoms with Gasteiger partial charge in [-0.05, 0) is 18.6 Å². The normalized spacial score (nSPS) is 18.4. The minimum Gasteiger partial charge on any atom is -0.323 e. The Kier molecular flexibility index (Phi) is 2.79. The highest BCUT2D eigenvalue weighted by molar-refractivity contribution is 5.61. The lowest BCUT2D eigenvalue weighted by Crippen LogP contribution is -2.08. The molecule has 1 aliphatic rings.